The molecule has 1 aliphatic rings. The monoisotopic (exact) mass is 297 g/mol. The van der Waals surface area contributed by atoms with E-state index in [1.54, 1.807) is 0 Å². The van der Waals surface area contributed by atoms with Gasteiger partial charge in [-0.25, -0.2) is 0 Å². The van der Waals surface area contributed by atoms with Crippen molar-refractivity contribution in [2.45, 2.75) is 50.2 Å². The summed E-state index contributed by atoms with van der Waals surface area (Å²) in [5, 5.41) is 5.23. The highest BCUT2D eigenvalue weighted by Crippen LogP contribution is 2.34. The molecule has 19 heavy (non-hydrogen) atoms. The zero-order valence-electron chi connectivity index (χ0n) is 11.9. The molecule has 0 radical (unpaired) electrons. The molecule has 0 saturated heterocycles. The van der Waals surface area contributed by atoms with Crippen LogP contribution in [-0.4, -0.2) is 17.8 Å². The molecular formula is C16H24ClNS. The first kappa shape index (κ1) is 15.2. The van der Waals surface area contributed by atoms with Crippen molar-refractivity contribution in [1.29, 1.82) is 0 Å². The highest BCUT2D eigenvalue weighted by Gasteiger charge is 2.28. The smallest absolute Gasteiger partial charge is 0.0406 e. The highest BCUT2D eigenvalue weighted by molar-refractivity contribution is 7.99. The Hall–Kier alpha value is -0.180. The molecule has 1 saturated carbocycles. The van der Waals surface area contributed by atoms with Crippen LogP contribution >= 0.6 is 23.4 Å². The van der Waals surface area contributed by atoms with Gasteiger partial charge in [0.2, 0.25) is 0 Å². The fourth-order valence-corrected chi connectivity index (χ4v) is 4.45. The maximum atomic E-state index is 5.93. The molecule has 3 unspecified atom stereocenters. The van der Waals surface area contributed by atoms with E-state index in [2.05, 4.69) is 43.1 Å². The maximum Gasteiger partial charge on any atom is 0.0406 e. The van der Waals surface area contributed by atoms with Gasteiger partial charge in [0, 0.05) is 22.1 Å². The molecule has 1 N–H and O–H groups in total. The van der Waals surface area contributed by atoms with Crippen molar-refractivity contribution in [3.8, 4) is 0 Å². The second kappa shape index (κ2) is 7.56. The van der Waals surface area contributed by atoms with Crippen molar-refractivity contribution in [3.05, 3.63) is 34.9 Å². The Balaban J connectivity index is 1.89. The summed E-state index contributed by atoms with van der Waals surface area (Å²) in [4.78, 5) is 0. The number of nitrogens with one attached hydrogen (secondary N) is 1. The zero-order valence-corrected chi connectivity index (χ0v) is 13.4. The Kier molecular flexibility index (Phi) is 6.06. The van der Waals surface area contributed by atoms with Gasteiger partial charge in [-0.3, -0.25) is 0 Å². The van der Waals surface area contributed by atoms with Crippen molar-refractivity contribution in [3.63, 3.8) is 0 Å². The van der Waals surface area contributed by atoms with Crippen molar-refractivity contribution >= 4 is 23.4 Å². The molecule has 0 heterocycles. The minimum atomic E-state index is 0.693. The lowest BCUT2D eigenvalue weighted by atomic mass is 9.87. The predicted molar refractivity (Wildman–Crippen MR) is 87.0 cm³/mol. The number of thioether (sulfide) groups is 1. The first-order chi connectivity index (χ1) is 9.19. The second-order valence-electron chi connectivity index (χ2n) is 5.56. The lowest BCUT2D eigenvalue weighted by molar-refractivity contribution is 0.320. The average Bonchev–Trinajstić information content (AvgIpc) is 2.41. The van der Waals surface area contributed by atoms with Gasteiger partial charge in [0.05, 0.1) is 0 Å². The van der Waals surface area contributed by atoms with Crippen LogP contribution in [-0.2, 0) is 5.75 Å². The van der Waals surface area contributed by atoms with Crippen LogP contribution in [0, 0.1) is 5.92 Å². The molecule has 1 aromatic carbocycles. The molecule has 0 amide bonds. The SMILES string of the molecule is CCNC1CCC(C)CC1SCc1ccc(Cl)cc1. The van der Waals surface area contributed by atoms with Gasteiger partial charge in [-0.05, 0) is 49.4 Å². The Morgan fingerprint density at radius 2 is 2.00 bits per heavy atom. The van der Waals surface area contributed by atoms with E-state index in [9.17, 15) is 0 Å². The summed E-state index contributed by atoms with van der Waals surface area (Å²) in [6.07, 6.45) is 4.04. The highest BCUT2D eigenvalue weighted by atomic mass is 35.5. The molecule has 0 bridgehead atoms. The van der Waals surface area contributed by atoms with Crippen LogP contribution in [0.3, 0.4) is 0 Å². The maximum absolute atomic E-state index is 5.93. The van der Waals surface area contributed by atoms with Crippen LogP contribution in [0.4, 0.5) is 0 Å². The number of halogens is 1. The minimum absolute atomic E-state index is 0.693. The summed E-state index contributed by atoms with van der Waals surface area (Å²) < 4.78 is 0. The summed E-state index contributed by atoms with van der Waals surface area (Å²) in [6, 6.07) is 8.96. The van der Waals surface area contributed by atoms with E-state index < -0.39 is 0 Å². The topological polar surface area (TPSA) is 12.0 Å². The van der Waals surface area contributed by atoms with Crippen LogP contribution in [0.2, 0.25) is 5.02 Å². The van der Waals surface area contributed by atoms with Crippen LogP contribution in [0.5, 0.6) is 0 Å². The van der Waals surface area contributed by atoms with Crippen LogP contribution in [0.15, 0.2) is 24.3 Å². The van der Waals surface area contributed by atoms with Gasteiger partial charge in [0.15, 0.2) is 0 Å². The summed E-state index contributed by atoms with van der Waals surface area (Å²) in [5.41, 5.74) is 1.38. The van der Waals surface area contributed by atoms with E-state index in [0.717, 1.165) is 28.5 Å². The van der Waals surface area contributed by atoms with Crippen LogP contribution < -0.4 is 5.32 Å². The summed E-state index contributed by atoms with van der Waals surface area (Å²) in [5.74, 6) is 1.97. The Bertz CT molecular complexity index is 379. The van der Waals surface area contributed by atoms with Crippen molar-refractivity contribution in [2.75, 3.05) is 6.54 Å². The van der Waals surface area contributed by atoms with Crippen molar-refractivity contribution < 1.29 is 0 Å². The molecule has 106 valence electrons. The summed E-state index contributed by atoms with van der Waals surface area (Å²) >= 11 is 8.03. The molecule has 0 aromatic heterocycles. The van der Waals surface area contributed by atoms with Crippen molar-refractivity contribution in [1.82, 2.24) is 5.32 Å². The summed E-state index contributed by atoms with van der Waals surface area (Å²) in [7, 11) is 0. The fraction of sp³-hybridized carbons (Fsp3) is 0.625. The molecule has 1 nitrogen and oxygen atoms in total. The first-order valence-electron chi connectivity index (χ1n) is 7.28. The van der Waals surface area contributed by atoms with Gasteiger partial charge in [-0.1, -0.05) is 37.6 Å². The molecule has 3 atom stereocenters. The number of rotatable bonds is 5. The number of hydrogen-bond donors (Lipinski definition) is 1. The quantitative estimate of drug-likeness (QED) is 0.842. The minimum Gasteiger partial charge on any atom is -0.313 e. The van der Waals surface area contributed by atoms with E-state index in [1.165, 1.54) is 24.8 Å². The van der Waals surface area contributed by atoms with E-state index >= 15 is 0 Å². The van der Waals surface area contributed by atoms with Gasteiger partial charge >= 0.3 is 0 Å². The fourth-order valence-electron chi connectivity index (χ4n) is 2.79. The third-order valence-corrected chi connectivity index (χ3v) is 5.60. The van der Waals surface area contributed by atoms with E-state index in [0.29, 0.717) is 6.04 Å². The van der Waals surface area contributed by atoms with Gasteiger partial charge in [0.1, 0.15) is 0 Å². The standard InChI is InChI=1S/C16H24ClNS/c1-3-18-15-9-4-12(2)10-16(15)19-11-13-5-7-14(17)8-6-13/h5-8,12,15-16,18H,3-4,9-11H2,1-2H3. The van der Waals surface area contributed by atoms with Gasteiger partial charge in [-0.15, -0.1) is 0 Å². The third kappa shape index (κ3) is 4.70. The van der Waals surface area contributed by atoms with E-state index in [1.807, 2.05) is 12.1 Å². The molecule has 0 spiro atoms. The summed E-state index contributed by atoms with van der Waals surface area (Å²) in [6.45, 7) is 5.67. The number of benzene rings is 1. The Morgan fingerprint density at radius 1 is 1.26 bits per heavy atom. The number of hydrogen-bond acceptors (Lipinski definition) is 2. The van der Waals surface area contributed by atoms with Gasteiger partial charge in [0.25, 0.3) is 0 Å². The largest absolute Gasteiger partial charge is 0.313 e. The molecular weight excluding hydrogens is 274 g/mol. The molecule has 1 aromatic rings. The first-order valence-corrected chi connectivity index (χ1v) is 8.71. The second-order valence-corrected chi connectivity index (χ2v) is 7.22. The third-order valence-electron chi connectivity index (χ3n) is 3.90. The van der Waals surface area contributed by atoms with E-state index in [-0.39, 0.29) is 0 Å². The van der Waals surface area contributed by atoms with Crippen molar-refractivity contribution in [2.24, 2.45) is 5.92 Å². The Morgan fingerprint density at radius 3 is 2.68 bits per heavy atom. The molecule has 2 rings (SSSR count). The Labute approximate surface area is 126 Å². The zero-order chi connectivity index (χ0) is 13.7. The van der Waals surface area contributed by atoms with Crippen LogP contribution in [0.1, 0.15) is 38.7 Å². The normalized spacial score (nSPS) is 27.4. The average molecular weight is 298 g/mol. The van der Waals surface area contributed by atoms with Crippen LogP contribution in [0.25, 0.3) is 0 Å². The predicted octanol–water partition coefficient (Wildman–Crippen LogP) is 4.74. The molecule has 1 fully saturated rings. The molecule has 3 heteroatoms. The van der Waals surface area contributed by atoms with E-state index in [4.69, 9.17) is 11.6 Å². The van der Waals surface area contributed by atoms with Gasteiger partial charge < -0.3 is 5.32 Å². The molecule has 1 aliphatic carbocycles. The molecule has 0 aliphatic heterocycles. The lowest BCUT2D eigenvalue weighted by Gasteiger charge is -2.35. The van der Waals surface area contributed by atoms with Gasteiger partial charge in [-0.2, -0.15) is 11.8 Å². The lowest BCUT2D eigenvalue weighted by Crippen LogP contribution is -2.42.